The highest BCUT2D eigenvalue weighted by Crippen LogP contribution is 2.22. The molecule has 0 amide bonds. The molecular formula is C23H22FN2OS+. The molecule has 3 aromatic rings. The van der Waals surface area contributed by atoms with Crippen molar-refractivity contribution in [2.75, 3.05) is 5.32 Å². The second kappa shape index (κ2) is 8.31. The number of thiocarbonyl (C=S) groups is 1. The van der Waals surface area contributed by atoms with Crippen molar-refractivity contribution in [2.45, 2.75) is 20.8 Å². The zero-order valence-corrected chi connectivity index (χ0v) is 16.8. The molecule has 1 heterocycles. The van der Waals surface area contributed by atoms with Crippen LogP contribution < -0.4 is 9.88 Å². The first-order valence-electron chi connectivity index (χ1n) is 8.91. The van der Waals surface area contributed by atoms with Crippen molar-refractivity contribution in [3.8, 4) is 0 Å². The summed E-state index contributed by atoms with van der Waals surface area (Å²) in [6.07, 6.45) is 3.70. The van der Waals surface area contributed by atoms with Gasteiger partial charge in [0, 0.05) is 22.9 Å². The van der Waals surface area contributed by atoms with Crippen molar-refractivity contribution in [3.05, 3.63) is 95.1 Å². The Bertz CT molecular complexity index is 1060. The quantitative estimate of drug-likeness (QED) is 0.271. The molecule has 3 nitrogen and oxygen atoms in total. The number of hydrogen-bond acceptors (Lipinski definition) is 2. The Balaban J connectivity index is 2.10. The number of halogens is 1. The van der Waals surface area contributed by atoms with E-state index in [1.165, 1.54) is 24.3 Å². The minimum atomic E-state index is -0.364. The first kappa shape index (κ1) is 19.7. The monoisotopic (exact) mass is 393 g/mol. The van der Waals surface area contributed by atoms with Gasteiger partial charge in [-0.15, -0.1) is 0 Å². The zero-order valence-electron chi connectivity index (χ0n) is 16.0. The SMILES string of the molecule is Cc1ccc(C)c(NC(=S)/C(=C(\O)c2ccc(F)cc2)[n+]2cccc(C)c2)c1. The van der Waals surface area contributed by atoms with E-state index in [0.717, 1.165) is 22.4 Å². The molecule has 5 heteroatoms. The van der Waals surface area contributed by atoms with Crippen LogP contribution in [0.25, 0.3) is 11.5 Å². The van der Waals surface area contributed by atoms with Crippen LogP contribution in [0.15, 0.2) is 67.0 Å². The topological polar surface area (TPSA) is 36.1 Å². The highest BCUT2D eigenvalue weighted by molar-refractivity contribution is 7.81. The summed E-state index contributed by atoms with van der Waals surface area (Å²) in [4.78, 5) is 0.367. The van der Waals surface area contributed by atoms with Crippen LogP contribution in [0.3, 0.4) is 0 Å². The molecule has 0 atom stereocenters. The molecule has 0 aliphatic carbocycles. The average molecular weight is 394 g/mol. The second-order valence-corrected chi connectivity index (χ2v) is 7.17. The fourth-order valence-corrected chi connectivity index (χ4v) is 3.19. The van der Waals surface area contributed by atoms with Crippen LogP contribution in [0.2, 0.25) is 0 Å². The van der Waals surface area contributed by atoms with Crippen molar-refractivity contribution in [3.63, 3.8) is 0 Å². The summed E-state index contributed by atoms with van der Waals surface area (Å²) in [5.74, 6) is -0.393. The van der Waals surface area contributed by atoms with E-state index in [-0.39, 0.29) is 11.6 Å². The molecule has 1 aromatic heterocycles. The maximum atomic E-state index is 13.3. The smallest absolute Gasteiger partial charge is 0.288 e. The Morgan fingerprint density at radius 1 is 1.00 bits per heavy atom. The summed E-state index contributed by atoms with van der Waals surface area (Å²) in [7, 11) is 0. The summed E-state index contributed by atoms with van der Waals surface area (Å²) in [6.45, 7) is 5.97. The van der Waals surface area contributed by atoms with Crippen LogP contribution in [0.4, 0.5) is 10.1 Å². The van der Waals surface area contributed by atoms with Gasteiger partial charge >= 0.3 is 0 Å². The van der Waals surface area contributed by atoms with Gasteiger partial charge in [-0.05, 0) is 68.3 Å². The van der Waals surface area contributed by atoms with Gasteiger partial charge in [-0.1, -0.05) is 24.4 Å². The Morgan fingerprint density at radius 2 is 1.71 bits per heavy atom. The van der Waals surface area contributed by atoms with E-state index in [2.05, 4.69) is 5.32 Å². The lowest BCUT2D eigenvalue weighted by molar-refractivity contribution is -0.576. The maximum absolute atomic E-state index is 13.3. The van der Waals surface area contributed by atoms with Crippen molar-refractivity contribution in [2.24, 2.45) is 0 Å². The lowest BCUT2D eigenvalue weighted by Crippen LogP contribution is -2.38. The number of rotatable bonds is 4. The molecular weight excluding hydrogens is 371 g/mol. The summed E-state index contributed by atoms with van der Waals surface area (Å²) >= 11 is 5.66. The Hall–Kier alpha value is -3.05. The predicted molar refractivity (Wildman–Crippen MR) is 116 cm³/mol. The van der Waals surface area contributed by atoms with E-state index in [9.17, 15) is 9.50 Å². The normalized spacial score (nSPS) is 11.7. The number of hydrogen-bond donors (Lipinski definition) is 2. The van der Waals surface area contributed by atoms with E-state index < -0.39 is 0 Å². The van der Waals surface area contributed by atoms with Gasteiger partial charge in [0.1, 0.15) is 5.82 Å². The minimum Gasteiger partial charge on any atom is -0.502 e. The van der Waals surface area contributed by atoms with Crippen LogP contribution in [0, 0.1) is 26.6 Å². The molecule has 2 N–H and O–H groups in total. The maximum Gasteiger partial charge on any atom is 0.288 e. The number of aliphatic hydroxyl groups is 1. The molecule has 0 radical (unpaired) electrons. The van der Waals surface area contributed by atoms with Crippen LogP contribution in [-0.2, 0) is 0 Å². The number of aliphatic hydroxyl groups excluding tert-OH is 1. The molecule has 0 spiro atoms. The average Bonchev–Trinajstić information content (AvgIpc) is 2.65. The minimum absolute atomic E-state index is 0.0293. The van der Waals surface area contributed by atoms with Crippen molar-refractivity contribution in [1.29, 1.82) is 0 Å². The fourth-order valence-electron chi connectivity index (χ4n) is 2.88. The predicted octanol–water partition coefficient (Wildman–Crippen LogP) is 5.36. The van der Waals surface area contributed by atoms with E-state index >= 15 is 0 Å². The Kier molecular flexibility index (Phi) is 5.85. The molecule has 0 fully saturated rings. The Morgan fingerprint density at radius 3 is 2.39 bits per heavy atom. The second-order valence-electron chi connectivity index (χ2n) is 6.77. The largest absolute Gasteiger partial charge is 0.502 e. The van der Waals surface area contributed by atoms with E-state index in [1.807, 2.05) is 63.5 Å². The molecule has 0 saturated heterocycles. The van der Waals surface area contributed by atoms with Gasteiger partial charge in [-0.3, -0.25) is 0 Å². The number of pyridine rings is 1. The van der Waals surface area contributed by atoms with E-state index in [4.69, 9.17) is 12.2 Å². The van der Waals surface area contributed by atoms with Crippen LogP contribution >= 0.6 is 12.2 Å². The molecule has 0 bridgehead atoms. The zero-order chi connectivity index (χ0) is 20.3. The number of benzene rings is 2. The van der Waals surface area contributed by atoms with Gasteiger partial charge in [0.15, 0.2) is 23.1 Å². The van der Waals surface area contributed by atoms with Crippen molar-refractivity contribution in [1.82, 2.24) is 0 Å². The van der Waals surface area contributed by atoms with Crippen molar-refractivity contribution >= 4 is 34.3 Å². The van der Waals surface area contributed by atoms with E-state index in [0.29, 0.717) is 16.2 Å². The summed E-state index contributed by atoms with van der Waals surface area (Å²) in [5.41, 5.74) is 4.95. The number of anilines is 1. The first-order valence-corrected chi connectivity index (χ1v) is 9.32. The van der Waals surface area contributed by atoms with Crippen LogP contribution in [0.5, 0.6) is 0 Å². The van der Waals surface area contributed by atoms with Gasteiger partial charge < -0.3 is 10.4 Å². The van der Waals surface area contributed by atoms with Gasteiger partial charge in [0.25, 0.3) is 5.70 Å². The van der Waals surface area contributed by atoms with Crippen LogP contribution in [0.1, 0.15) is 22.3 Å². The third kappa shape index (κ3) is 4.43. The number of nitrogens with zero attached hydrogens (tertiary/aromatic N) is 1. The fraction of sp³-hybridized carbons (Fsp3) is 0.130. The molecule has 0 saturated carbocycles. The first-order chi connectivity index (χ1) is 13.3. The van der Waals surface area contributed by atoms with E-state index in [1.54, 1.807) is 4.57 Å². The lowest BCUT2D eigenvalue weighted by atomic mass is 10.1. The Labute approximate surface area is 169 Å². The summed E-state index contributed by atoms with van der Waals surface area (Å²) in [6, 6.07) is 15.6. The standard InChI is InChI=1S/C23H21FN2OS/c1-15-6-7-17(3)20(13-15)25-23(28)21(26-12-4-5-16(2)14-26)22(27)18-8-10-19(24)11-9-18/h4-14H,1-3H3,(H-,25,27,28)/p+1. The number of nitrogens with one attached hydrogen (secondary N) is 1. The van der Waals surface area contributed by atoms with Gasteiger partial charge in [0.2, 0.25) is 0 Å². The molecule has 0 aliphatic rings. The molecule has 0 aliphatic heterocycles. The lowest BCUT2D eigenvalue weighted by Gasteiger charge is -2.13. The van der Waals surface area contributed by atoms with Crippen molar-refractivity contribution < 1.29 is 14.1 Å². The van der Waals surface area contributed by atoms with Gasteiger partial charge in [-0.25, -0.2) is 4.39 Å². The highest BCUT2D eigenvalue weighted by Gasteiger charge is 2.24. The third-order valence-electron chi connectivity index (χ3n) is 4.41. The number of aromatic nitrogens is 1. The van der Waals surface area contributed by atoms with Gasteiger partial charge in [-0.2, -0.15) is 4.57 Å². The van der Waals surface area contributed by atoms with Gasteiger partial charge in [0.05, 0.1) is 0 Å². The molecule has 28 heavy (non-hydrogen) atoms. The molecule has 0 unspecified atom stereocenters. The molecule has 142 valence electrons. The molecule has 2 aromatic carbocycles. The highest BCUT2D eigenvalue weighted by atomic mass is 32.1. The third-order valence-corrected chi connectivity index (χ3v) is 4.70. The number of aryl methyl sites for hydroxylation is 3. The summed E-state index contributed by atoms with van der Waals surface area (Å²) < 4.78 is 15.1. The summed E-state index contributed by atoms with van der Waals surface area (Å²) in [5, 5.41) is 14.2. The van der Waals surface area contributed by atoms with Crippen LogP contribution in [-0.4, -0.2) is 10.1 Å². The molecule has 3 rings (SSSR count).